The minimum Gasteiger partial charge on any atom is -0.487 e. The molecule has 0 spiro atoms. The lowest BCUT2D eigenvalue weighted by atomic mass is 10.1. The van der Waals surface area contributed by atoms with Crippen LogP contribution in [0.5, 0.6) is 5.75 Å². The van der Waals surface area contributed by atoms with Gasteiger partial charge in [0.2, 0.25) is 0 Å². The number of rotatable bonds is 11. The first kappa shape index (κ1) is 23.1. The topological polar surface area (TPSA) is 73.1 Å². The van der Waals surface area contributed by atoms with E-state index in [0.29, 0.717) is 23.6 Å². The molecule has 34 heavy (non-hydrogen) atoms. The molecule has 3 aromatic carbocycles. The number of nitrogens with zero attached hydrogens (tertiary/aromatic N) is 2. The number of hydrogen-bond acceptors (Lipinski definition) is 4. The molecule has 0 fully saturated rings. The van der Waals surface area contributed by atoms with E-state index >= 15 is 0 Å². The van der Waals surface area contributed by atoms with E-state index < -0.39 is 5.97 Å². The van der Waals surface area contributed by atoms with E-state index in [2.05, 4.69) is 40.2 Å². The van der Waals surface area contributed by atoms with Crippen molar-refractivity contribution in [3.8, 4) is 5.75 Å². The molecular formula is C28H28N2O4. The Balaban J connectivity index is 1.64. The molecule has 6 nitrogen and oxygen atoms in total. The Morgan fingerprint density at radius 2 is 1.74 bits per heavy atom. The normalized spacial score (nSPS) is 11.5. The highest BCUT2D eigenvalue weighted by Gasteiger charge is 2.16. The van der Waals surface area contributed by atoms with Gasteiger partial charge in [0.1, 0.15) is 24.7 Å². The van der Waals surface area contributed by atoms with Crippen LogP contribution in [-0.4, -0.2) is 34.6 Å². The van der Waals surface area contributed by atoms with Gasteiger partial charge in [-0.2, -0.15) is 0 Å². The van der Waals surface area contributed by atoms with Crippen molar-refractivity contribution < 1.29 is 19.5 Å². The van der Waals surface area contributed by atoms with Crippen molar-refractivity contribution in [2.24, 2.45) is 5.16 Å². The summed E-state index contributed by atoms with van der Waals surface area (Å²) in [5.41, 5.74) is 4.63. The molecule has 0 bridgehead atoms. The van der Waals surface area contributed by atoms with Crippen molar-refractivity contribution in [1.82, 2.24) is 4.57 Å². The van der Waals surface area contributed by atoms with Gasteiger partial charge in [-0.15, -0.1) is 0 Å². The van der Waals surface area contributed by atoms with Crippen molar-refractivity contribution in [3.63, 3.8) is 0 Å². The van der Waals surface area contributed by atoms with Gasteiger partial charge < -0.3 is 19.2 Å². The largest absolute Gasteiger partial charge is 0.487 e. The number of benzene rings is 3. The van der Waals surface area contributed by atoms with E-state index in [-0.39, 0.29) is 13.0 Å². The molecule has 0 unspecified atom stereocenters. The number of fused-ring (bicyclic) bond motifs is 1. The van der Waals surface area contributed by atoms with E-state index in [1.807, 2.05) is 43.3 Å². The molecule has 0 radical (unpaired) electrons. The third-order valence-electron chi connectivity index (χ3n) is 5.39. The zero-order chi connectivity index (χ0) is 23.8. The Morgan fingerprint density at radius 1 is 0.971 bits per heavy atom. The number of oxime groups is 1. The van der Waals surface area contributed by atoms with Gasteiger partial charge in [0, 0.05) is 29.2 Å². The summed E-state index contributed by atoms with van der Waals surface area (Å²) in [5.74, 6) is -0.284. The molecule has 4 rings (SSSR count). The molecule has 0 aliphatic heterocycles. The van der Waals surface area contributed by atoms with Crippen LogP contribution in [0.25, 0.3) is 10.9 Å². The van der Waals surface area contributed by atoms with Crippen molar-refractivity contribution in [3.05, 3.63) is 102 Å². The molecule has 0 saturated carbocycles. The van der Waals surface area contributed by atoms with E-state index in [0.717, 1.165) is 29.4 Å². The van der Waals surface area contributed by atoms with E-state index in [1.165, 1.54) is 5.56 Å². The average molecular weight is 457 g/mol. The number of para-hydroxylation sites is 1. The monoisotopic (exact) mass is 456 g/mol. The highest BCUT2D eigenvalue weighted by molar-refractivity contribution is 6.11. The Morgan fingerprint density at radius 3 is 2.53 bits per heavy atom. The summed E-state index contributed by atoms with van der Waals surface area (Å²) in [6.07, 6.45) is 2.89. The Hall–Kier alpha value is -4.06. The van der Waals surface area contributed by atoms with Gasteiger partial charge in [-0.05, 0) is 35.7 Å². The van der Waals surface area contributed by atoms with Crippen LogP contribution < -0.4 is 4.74 Å². The summed E-state index contributed by atoms with van der Waals surface area (Å²) in [6.45, 7) is 3.48. The van der Waals surface area contributed by atoms with Gasteiger partial charge in [-0.1, -0.05) is 72.7 Å². The number of carboxylic acids is 1. The summed E-state index contributed by atoms with van der Waals surface area (Å²) in [6, 6.07) is 25.7. The van der Waals surface area contributed by atoms with Crippen molar-refractivity contribution in [2.75, 3.05) is 13.2 Å². The number of hydrogen-bond donors (Lipinski definition) is 1. The third kappa shape index (κ3) is 5.84. The molecule has 0 saturated heterocycles. The third-order valence-corrected chi connectivity index (χ3v) is 5.39. The van der Waals surface area contributed by atoms with E-state index in [1.54, 1.807) is 18.2 Å². The molecule has 6 heteroatoms. The van der Waals surface area contributed by atoms with Crippen LogP contribution in [0.3, 0.4) is 0 Å². The number of carboxylic acid groups (broad SMARTS) is 1. The zero-order valence-electron chi connectivity index (χ0n) is 19.2. The van der Waals surface area contributed by atoms with Crippen molar-refractivity contribution in [2.45, 2.75) is 26.3 Å². The number of aliphatic carboxylic acids is 1. The Labute approximate surface area is 199 Å². The highest BCUT2D eigenvalue weighted by Crippen LogP contribution is 2.24. The first-order chi connectivity index (χ1) is 16.6. The second kappa shape index (κ2) is 11.2. The summed E-state index contributed by atoms with van der Waals surface area (Å²) in [5, 5.41) is 14.6. The first-order valence-corrected chi connectivity index (χ1v) is 11.4. The summed E-state index contributed by atoms with van der Waals surface area (Å²) >= 11 is 0. The molecule has 0 aliphatic carbocycles. The molecule has 0 amide bonds. The van der Waals surface area contributed by atoms with Gasteiger partial charge >= 0.3 is 5.97 Å². The number of carbonyl (C=O) groups is 1. The first-order valence-electron chi connectivity index (χ1n) is 11.4. The molecule has 1 aromatic heterocycles. The average Bonchev–Trinajstić information content (AvgIpc) is 3.20. The molecule has 0 atom stereocenters. The lowest BCUT2D eigenvalue weighted by molar-refractivity contribution is -0.136. The SMILES string of the molecule is CCCO/N=C(\COc1cccc(CC(=O)O)c1)c1cn(Cc2ccccc2)c2ccccc12. The van der Waals surface area contributed by atoms with Gasteiger partial charge in [0.15, 0.2) is 0 Å². The highest BCUT2D eigenvalue weighted by atomic mass is 16.6. The minimum atomic E-state index is -0.876. The Bertz CT molecular complexity index is 1280. The molecule has 1 heterocycles. The van der Waals surface area contributed by atoms with Crippen LogP contribution in [0.1, 0.15) is 30.0 Å². The molecule has 0 aliphatic rings. The zero-order valence-corrected chi connectivity index (χ0v) is 19.2. The van der Waals surface area contributed by atoms with Crippen LogP contribution in [0.4, 0.5) is 0 Å². The Kier molecular flexibility index (Phi) is 7.60. The summed E-state index contributed by atoms with van der Waals surface area (Å²) < 4.78 is 8.25. The quantitative estimate of drug-likeness (QED) is 0.183. The lowest BCUT2D eigenvalue weighted by Gasteiger charge is -2.10. The van der Waals surface area contributed by atoms with Gasteiger partial charge in [-0.3, -0.25) is 4.79 Å². The minimum absolute atomic E-state index is 0.0509. The maximum absolute atomic E-state index is 11.1. The van der Waals surface area contributed by atoms with Crippen LogP contribution >= 0.6 is 0 Å². The predicted molar refractivity (Wildman–Crippen MR) is 134 cm³/mol. The second-order valence-electron chi connectivity index (χ2n) is 8.05. The second-order valence-corrected chi connectivity index (χ2v) is 8.05. The number of ether oxygens (including phenoxy) is 1. The maximum Gasteiger partial charge on any atom is 0.307 e. The smallest absolute Gasteiger partial charge is 0.307 e. The number of aromatic nitrogens is 1. The standard InChI is InChI=1S/C28H28N2O4/c1-2-15-34-29-26(20-33-23-12-8-11-22(16-23)17-28(31)32)25-19-30(18-21-9-4-3-5-10-21)27-14-7-6-13-24(25)27/h3-14,16,19H,2,15,17-18,20H2,1H3,(H,31,32)/b29-26+. The van der Waals surface area contributed by atoms with Gasteiger partial charge in [0.25, 0.3) is 0 Å². The summed E-state index contributed by atoms with van der Waals surface area (Å²) in [4.78, 5) is 16.6. The van der Waals surface area contributed by atoms with E-state index in [4.69, 9.17) is 14.7 Å². The predicted octanol–water partition coefficient (Wildman–Crippen LogP) is 5.53. The molecule has 174 valence electrons. The van der Waals surface area contributed by atoms with Crippen LogP contribution in [0.15, 0.2) is 90.2 Å². The fourth-order valence-corrected chi connectivity index (χ4v) is 3.83. The molecular weight excluding hydrogens is 428 g/mol. The van der Waals surface area contributed by atoms with Gasteiger partial charge in [-0.25, -0.2) is 0 Å². The fraction of sp³-hybridized carbons (Fsp3) is 0.214. The maximum atomic E-state index is 11.1. The van der Waals surface area contributed by atoms with Crippen LogP contribution in [0, 0.1) is 0 Å². The lowest BCUT2D eigenvalue weighted by Crippen LogP contribution is -2.14. The van der Waals surface area contributed by atoms with Gasteiger partial charge in [0.05, 0.1) is 6.42 Å². The van der Waals surface area contributed by atoms with Crippen LogP contribution in [-0.2, 0) is 22.6 Å². The summed E-state index contributed by atoms with van der Waals surface area (Å²) in [7, 11) is 0. The van der Waals surface area contributed by atoms with Crippen molar-refractivity contribution >= 4 is 22.6 Å². The van der Waals surface area contributed by atoms with E-state index in [9.17, 15) is 4.79 Å². The van der Waals surface area contributed by atoms with Crippen molar-refractivity contribution in [1.29, 1.82) is 0 Å². The fourth-order valence-electron chi connectivity index (χ4n) is 3.83. The van der Waals surface area contributed by atoms with Crippen LogP contribution in [0.2, 0.25) is 0 Å². The molecule has 1 N–H and O–H groups in total. The molecule has 4 aromatic rings.